The van der Waals surface area contributed by atoms with Crippen LogP contribution in [-0.4, -0.2) is 35.8 Å². The number of piperidine rings is 1. The van der Waals surface area contributed by atoms with Crippen LogP contribution in [-0.2, 0) is 0 Å². The van der Waals surface area contributed by atoms with Gasteiger partial charge in [-0.05, 0) is 38.1 Å². The second-order valence-corrected chi connectivity index (χ2v) is 6.42. The molecule has 0 bridgehead atoms. The number of nitrogen functional groups attached to an aromatic ring is 1. The van der Waals surface area contributed by atoms with Gasteiger partial charge in [0.15, 0.2) is 0 Å². The number of nitrogens with zero attached hydrogens (tertiary/aromatic N) is 1. The Hall–Kier alpha value is -1.82. The monoisotopic (exact) mass is 365 g/mol. The van der Waals surface area contributed by atoms with Crippen LogP contribution in [0.25, 0.3) is 10.8 Å². The fourth-order valence-electron chi connectivity index (χ4n) is 3.57. The average Bonchev–Trinajstić information content (AvgIpc) is 2.57. The molecule has 126 valence electrons. The van der Waals surface area contributed by atoms with E-state index in [0.717, 1.165) is 25.9 Å². The van der Waals surface area contributed by atoms with E-state index in [1.165, 1.54) is 4.90 Å². The smallest absolute Gasteiger partial charge is 0.261 e. The Kier molecular flexibility index (Phi) is 4.42. The highest BCUT2D eigenvalue weighted by atomic mass is 35.5. The van der Waals surface area contributed by atoms with Crippen LogP contribution in [0, 0.1) is 0 Å². The maximum atomic E-state index is 13.0. The number of amides is 2. The van der Waals surface area contributed by atoms with E-state index < -0.39 is 0 Å². The summed E-state index contributed by atoms with van der Waals surface area (Å²) in [6.07, 6.45) is 1.54. The van der Waals surface area contributed by atoms with Crippen LogP contribution in [0.5, 0.6) is 0 Å². The van der Waals surface area contributed by atoms with Gasteiger partial charge in [0.2, 0.25) is 0 Å². The van der Waals surface area contributed by atoms with Gasteiger partial charge in [0.05, 0.1) is 16.3 Å². The van der Waals surface area contributed by atoms with Crippen LogP contribution in [0.3, 0.4) is 0 Å². The normalized spacial score (nSPS) is 18.0. The molecule has 2 heterocycles. The molecule has 2 amide bonds. The Morgan fingerprint density at radius 1 is 1.12 bits per heavy atom. The van der Waals surface area contributed by atoms with Crippen LogP contribution >= 0.6 is 24.0 Å². The van der Waals surface area contributed by atoms with Gasteiger partial charge in [0.1, 0.15) is 0 Å². The van der Waals surface area contributed by atoms with Crippen molar-refractivity contribution in [1.29, 1.82) is 0 Å². The molecule has 0 atom stereocenters. The molecular formula is C17H17Cl2N3O2. The quantitative estimate of drug-likeness (QED) is 0.601. The Balaban J connectivity index is 0.00000169. The first-order valence-corrected chi connectivity index (χ1v) is 8.06. The van der Waals surface area contributed by atoms with Gasteiger partial charge in [-0.2, -0.15) is 0 Å². The van der Waals surface area contributed by atoms with Crippen molar-refractivity contribution >= 4 is 52.3 Å². The number of hydrogen-bond acceptors (Lipinski definition) is 4. The van der Waals surface area contributed by atoms with E-state index in [2.05, 4.69) is 5.32 Å². The van der Waals surface area contributed by atoms with Gasteiger partial charge >= 0.3 is 0 Å². The molecule has 2 aromatic carbocycles. The highest BCUT2D eigenvalue weighted by Crippen LogP contribution is 2.38. The van der Waals surface area contributed by atoms with E-state index in [1.807, 2.05) is 0 Å². The zero-order chi connectivity index (χ0) is 16.1. The number of carbonyl (C=O) groups excluding carboxylic acids is 2. The summed E-state index contributed by atoms with van der Waals surface area (Å²) in [5.41, 5.74) is 7.43. The highest BCUT2D eigenvalue weighted by molar-refractivity contribution is 6.37. The first kappa shape index (κ1) is 17.0. The maximum Gasteiger partial charge on any atom is 0.261 e. The number of hydrogen-bond donors (Lipinski definition) is 2. The van der Waals surface area contributed by atoms with Crippen LogP contribution < -0.4 is 11.1 Å². The summed E-state index contributed by atoms with van der Waals surface area (Å²) in [6.45, 7) is 1.61. The van der Waals surface area contributed by atoms with Crippen molar-refractivity contribution in [3.05, 3.63) is 40.4 Å². The molecule has 2 aliphatic rings. The Labute approximate surface area is 150 Å². The first-order chi connectivity index (χ1) is 11.1. The predicted octanol–water partition coefficient (Wildman–Crippen LogP) is 2.85. The summed E-state index contributed by atoms with van der Waals surface area (Å²) in [7, 11) is 0. The van der Waals surface area contributed by atoms with E-state index in [-0.39, 0.29) is 30.3 Å². The Morgan fingerprint density at radius 2 is 1.79 bits per heavy atom. The lowest BCUT2D eigenvalue weighted by atomic mass is 9.91. The molecule has 5 nitrogen and oxygen atoms in total. The number of anilines is 1. The van der Waals surface area contributed by atoms with Crippen molar-refractivity contribution in [3.63, 3.8) is 0 Å². The van der Waals surface area contributed by atoms with Crippen molar-refractivity contribution < 1.29 is 9.59 Å². The molecule has 0 aliphatic carbocycles. The van der Waals surface area contributed by atoms with Crippen molar-refractivity contribution in [2.24, 2.45) is 0 Å². The Bertz CT molecular complexity index is 847. The molecule has 24 heavy (non-hydrogen) atoms. The van der Waals surface area contributed by atoms with Gasteiger partial charge in [-0.3, -0.25) is 14.5 Å². The van der Waals surface area contributed by atoms with Crippen molar-refractivity contribution in [3.8, 4) is 0 Å². The highest BCUT2D eigenvalue weighted by Gasteiger charge is 2.38. The molecule has 0 unspecified atom stereocenters. The molecule has 7 heteroatoms. The molecular weight excluding hydrogens is 349 g/mol. The van der Waals surface area contributed by atoms with Gasteiger partial charge in [-0.15, -0.1) is 12.4 Å². The number of nitrogens with two attached hydrogens (primary N) is 1. The Morgan fingerprint density at radius 3 is 2.50 bits per heavy atom. The molecule has 2 aliphatic heterocycles. The van der Waals surface area contributed by atoms with E-state index in [9.17, 15) is 9.59 Å². The second kappa shape index (κ2) is 6.24. The average molecular weight is 366 g/mol. The zero-order valence-electron chi connectivity index (χ0n) is 12.8. The van der Waals surface area contributed by atoms with Crippen LogP contribution in [0.15, 0.2) is 24.3 Å². The van der Waals surface area contributed by atoms with Crippen LogP contribution in [0.4, 0.5) is 5.69 Å². The van der Waals surface area contributed by atoms with Crippen molar-refractivity contribution in [2.75, 3.05) is 18.8 Å². The van der Waals surface area contributed by atoms with Gasteiger partial charge in [-0.1, -0.05) is 23.7 Å². The van der Waals surface area contributed by atoms with Crippen LogP contribution in [0.1, 0.15) is 33.6 Å². The summed E-state index contributed by atoms with van der Waals surface area (Å²) in [5.74, 6) is -0.505. The molecule has 3 N–H and O–H groups in total. The summed E-state index contributed by atoms with van der Waals surface area (Å²) in [6, 6.07) is 6.84. The third-order valence-electron chi connectivity index (χ3n) is 4.72. The topological polar surface area (TPSA) is 75.4 Å². The molecule has 0 spiro atoms. The number of imide groups is 1. The molecule has 0 radical (unpaired) electrons. The lowest BCUT2D eigenvalue weighted by Crippen LogP contribution is -2.50. The molecule has 0 saturated carbocycles. The third-order valence-corrected chi connectivity index (χ3v) is 5.04. The van der Waals surface area contributed by atoms with Crippen LogP contribution in [0.2, 0.25) is 5.02 Å². The van der Waals surface area contributed by atoms with Gasteiger partial charge < -0.3 is 11.1 Å². The maximum absolute atomic E-state index is 13.0. The molecule has 1 saturated heterocycles. The second-order valence-electron chi connectivity index (χ2n) is 6.01. The summed E-state index contributed by atoms with van der Waals surface area (Å²) >= 11 is 6.19. The van der Waals surface area contributed by atoms with Gasteiger partial charge in [-0.25, -0.2) is 0 Å². The summed E-state index contributed by atoms with van der Waals surface area (Å²) in [4.78, 5) is 27.3. The SMILES string of the molecule is Cl.Nc1c(Cl)cc2c3c(cccc13)C(=O)N(C1CCNCC1)C2=O. The summed E-state index contributed by atoms with van der Waals surface area (Å²) in [5, 5.41) is 4.88. The molecule has 0 aromatic heterocycles. The van der Waals surface area contributed by atoms with E-state index in [1.54, 1.807) is 24.3 Å². The molecule has 1 fully saturated rings. The lowest BCUT2D eigenvalue weighted by molar-refractivity contribution is 0.0510. The number of nitrogens with one attached hydrogen (secondary N) is 1. The lowest BCUT2D eigenvalue weighted by Gasteiger charge is -2.36. The number of carbonyl (C=O) groups is 2. The standard InChI is InChI=1S/C17H16ClN3O2.ClH/c18-13-8-12-14-10(15(13)19)2-1-3-11(14)16(22)21(17(12)23)9-4-6-20-7-5-9;/h1-3,8-9,20H,4-7,19H2;1H. The number of rotatable bonds is 1. The van der Waals surface area contributed by atoms with E-state index in [0.29, 0.717) is 32.6 Å². The number of halogens is 2. The fraction of sp³-hybridized carbons (Fsp3) is 0.294. The largest absolute Gasteiger partial charge is 0.397 e. The van der Waals surface area contributed by atoms with Gasteiger partial charge in [0, 0.05) is 22.4 Å². The molecule has 4 rings (SSSR count). The van der Waals surface area contributed by atoms with E-state index >= 15 is 0 Å². The predicted molar refractivity (Wildman–Crippen MR) is 97.0 cm³/mol. The first-order valence-electron chi connectivity index (χ1n) is 7.69. The number of benzene rings is 2. The summed E-state index contributed by atoms with van der Waals surface area (Å²) < 4.78 is 0. The van der Waals surface area contributed by atoms with Gasteiger partial charge in [0.25, 0.3) is 11.8 Å². The minimum Gasteiger partial charge on any atom is -0.397 e. The van der Waals surface area contributed by atoms with Crippen molar-refractivity contribution in [1.82, 2.24) is 10.2 Å². The third kappa shape index (κ3) is 2.35. The minimum atomic E-state index is -0.271. The van der Waals surface area contributed by atoms with E-state index in [4.69, 9.17) is 17.3 Å². The van der Waals surface area contributed by atoms with Crippen molar-refractivity contribution in [2.45, 2.75) is 18.9 Å². The minimum absolute atomic E-state index is 0. The zero-order valence-corrected chi connectivity index (χ0v) is 14.4. The fourth-order valence-corrected chi connectivity index (χ4v) is 3.78. The molecule has 2 aromatic rings.